The zero-order valence-corrected chi connectivity index (χ0v) is 17.9. The lowest BCUT2D eigenvalue weighted by Crippen LogP contribution is -2.49. The number of aromatic nitrogens is 2. The average Bonchev–Trinajstić information content (AvgIpc) is 3.19. The highest BCUT2D eigenvalue weighted by Gasteiger charge is 2.26. The van der Waals surface area contributed by atoms with Gasteiger partial charge in [0.2, 0.25) is 5.91 Å². The molecule has 1 N–H and O–H groups in total. The summed E-state index contributed by atoms with van der Waals surface area (Å²) in [7, 11) is 1.80. The van der Waals surface area contributed by atoms with E-state index < -0.39 is 0 Å². The molecule has 2 amide bonds. The quantitative estimate of drug-likeness (QED) is 0.751. The number of piperazine rings is 1. The van der Waals surface area contributed by atoms with Gasteiger partial charge in [0.1, 0.15) is 0 Å². The fourth-order valence-electron chi connectivity index (χ4n) is 3.70. The van der Waals surface area contributed by atoms with Gasteiger partial charge in [-0.3, -0.25) is 19.2 Å². The van der Waals surface area contributed by atoms with Crippen LogP contribution in [0.4, 0.5) is 5.69 Å². The molecule has 148 valence electrons. The lowest BCUT2D eigenvalue weighted by molar-refractivity contribution is -0.115. The molecule has 3 heterocycles. The largest absolute Gasteiger partial charge is 0.335 e. The molecule has 0 saturated carbocycles. The van der Waals surface area contributed by atoms with E-state index >= 15 is 0 Å². The standard InChI is InChI=1S/C19H21BrClN5O2/c1-24-11-14(20)18(23-24)19(28)26-6-4-25(5-7-26)3-2-12-8-13-9-17(27)22-16(13)10-15(12)21/h8,10-11H,2-7,9H2,1H3,(H,22,27). The highest BCUT2D eigenvalue weighted by atomic mass is 79.9. The number of amides is 2. The first-order chi connectivity index (χ1) is 13.4. The van der Waals surface area contributed by atoms with Gasteiger partial charge in [-0.15, -0.1) is 0 Å². The van der Waals surface area contributed by atoms with E-state index in [9.17, 15) is 9.59 Å². The van der Waals surface area contributed by atoms with Gasteiger partial charge in [-0.25, -0.2) is 0 Å². The number of halogens is 2. The van der Waals surface area contributed by atoms with E-state index in [2.05, 4.69) is 31.2 Å². The fraction of sp³-hybridized carbons (Fsp3) is 0.421. The van der Waals surface area contributed by atoms with Crippen molar-refractivity contribution in [1.82, 2.24) is 19.6 Å². The number of aryl methyl sites for hydroxylation is 1. The Bertz CT molecular complexity index is 937. The lowest BCUT2D eigenvalue weighted by atomic mass is 10.1. The van der Waals surface area contributed by atoms with Crippen LogP contribution in [0.3, 0.4) is 0 Å². The summed E-state index contributed by atoms with van der Waals surface area (Å²) in [4.78, 5) is 28.4. The number of anilines is 1. The van der Waals surface area contributed by atoms with E-state index in [4.69, 9.17) is 11.6 Å². The summed E-state index contributed by atoms with van der Waals surface area (Å²) >= 11 is 9.79. The van der Waals surface area contributed by atoms with E-state index in [1.165, 1.54) is 0 Å². The number of hydrogen-bond acceptors (Lipinski definition) is 4. The van der Waals surface area contributed by atoms with Crippen LogP contribution in [0.25, 0.3) is 0 Å². The van der Waals surface area contributed by atoms with Crippen molar-refractivity contribution in [3.63, 3.8) is 0 Å². The number of benzene rings is 1. The maximum Gasteiger partial charge on any atom is 0.275 e. The predicted octanol–water partition coefficient (Wildman–Crippen LogP) is 2.33. The molecule has 2 aliphatic rings. The molecule has 0 radical (unpaired) electrons. The van der Waals surface area contributed by atoms with Crippen LogP contribution in [0.15, 0.2) is 22.8 Å². The van der Waals surface area contributed by atoms with E-state index in [0.29, 0.717) is 30.2 Å². The number of rotatable bonds is 4. The zero-order chi connectivity index (χ0) is 19.8. The first-order valence-electron chi connectivity index (χ1n) is 9.22. The van der Waals surface area contributed by atoms with Crippen LogP contribution < -0.4 is 5.32 Å². The van der Waals surface area contributed by atoms with Crippen LogP contribution in [0.1, 0.15) is 21.6 Å². The van der Waals surface area contributed by atoms with Gasteiger partial charge in [0.25, 0.3) is 5.91 Å². The Balaban J connectivity index is 1.32. The Hall–Kier alpha value is -1.90. The van der Waals surface area contributed by atoms with Crippen LogP contribution >= 0.6 is 27.5 Å². The minimum absolute atomic E-state index is 0.0172. The SMILES string of the molecule is Cn1cc(Br)c(C(=O)N2CCN(CCc3cc4c(cc3Cl)NC(=O)C4)CC2)n1. The highest BCUT2D eigenvalue weighted by Crippen LogP contribution is 2.30. The Morgan fingerprint density at radius 2 is 2.04 bits per heavy atom. The summed E-state index contributed by atoms with van der Waals surface area (Å²) < 4.78 is 2.36. The molecule has 1 saturated heterocycles. The van der Waals surface area contributed by atoms with Gasteiger partial charge in [0.15, 0.2) is 5.69 Å². The molecule has 4 rings (SSSR count). The van der Waals surface area contributed by atoms with Crippen LogP contribution in [-0.4, -0.2) is 64.1 Å². The Morgan fingerprint density at radius 3 is 2.71 bits per heavy atom. The first kappa shape index (κ1) is 19.4. The molecule has 0 spiro atoms. The summed E-state index contributed by atoms with van der Waals surface area (Å²) in [5.74, 6) is -0.0190. The van der Waals surface area contributed by atoms with Crippen molar-refractivity contribution in [3.05, 3.63) is 44.6 Å². The molecule has 1 aromatic carbocycles. The van der Waals surface area contributed by atoms with Crippen LogP contribution in [0, 0.1) is 0 Å². The van der Waals surface area contributed by atoms with Gasteiger partial charge < -0.3 is 10.2 Å². The molecular weight excluding hydrogens is 446 g/mol. The van der Waals surface area contributed by atoms with Crippen LogP contribution in [0.2, 0.25) is 5.02 Å². The van der Waals surface area contributed by atoms with E-state index in [1.54, 1.807) is 17.9 Å². The van der Waals surface area contributed by atoms with Crippen molar-refractivity contribution < 1.29 is 9.59 Å². The minimum atomic E-state index is -0.0361. The Morgan fingerprint density at radius 1 is 1.29 bits per heavy atom. The molecular formula is C19H21BrClN5O2. The number of carbonyl (C=O) groups excluding carboxylic acids is 2. The van der Waals surface area contributed by atoms with Gasteiger partial charge in [0, 0.05) is 56.7 Å². The van der Waals surface area contributed by atoms with Crippen molar-refractivity contribution in [2.75, 3.05) is 38.0 Å². The second-order valence-electron chi connectivity index (χ2n) is 7.21. The van der Waals surface area contributed by atoms with Crippen molar-refractivity contribution in [2.45, 2.75) is 12.8 Å². The number of hydrogen-bond donors (Lipinski definition) is 1. The second kappa shape index (κ2) is 7.85. The average molecular weight is 467 g/mol. The molecule has 2 aromatic rings. The van der Waals surface area contributed by atoms with E-state index in [-0.39, 0.29) is 11.8 Å². The molecule has 1 aromatic heterocycles. The maximum atomic E-state index is 12.7. The van der Waals surface area contributed by atoms with E-state index in [1.807, 2.05) is 17.0 Å². The van der Waals surface area contributed by atoms with Gasteiger partial charge in [-0.2, -0.15) is 5.10 Å². The molecule has 1 fully saturated rings. The van der Waals surface area contributed by atoms with E-state index in [0.717, 1.165) is 47.3 Å². The number of nitrogens with zero attached hydrogens (tertiary/aromatic N) is 4. The Kier molecular flexibility index (Phi) is 5.44. The summed E-state index contributed by atoms with van der Waals surface area (Å²) in [5, 5.41) is 7.76. The number of carbonyl (C=O) groups is 2. The van der Waals surface area contributed by atoms with Crippen LogP contribution in [-0.2, 0) is 24.7 Å². The number of nitrogens with one attached hydrogen (secondary N) is 1. The minimum Gasteiger partial charge on any atom is -0.335 e. The molecule has 0 atom stereocenters. The van der Waals surface area contributed by atoms with Crippen LogP contribution in [0.5, 0.6) is 0 Å². The highest BCUT2D eigenvalue weighted by molar-refractivity contribution is 9.10. The summed E-state index contributed by atoms with van der Waals surface area (Å²) in [5.41, 5.74) is 3.36. The van der Waals surface area contributed by atoms with Gasteiger partial charge in [-0.1, -0.05) is 17.7 Å². The third kappa shape index (κ3) is 3.94. The Labute approximate surface area is 176 Å². The molecule has 7 nitrogen and oxygen atoms in total. The summed E-state index contributed by atoms with van der Waals surface area (Å²) in [6.07, 6.45) is 3.02. The smallest absolute Gasteiger partial charge is 0.275 e. The van der Waals surface area contributed by atoms with Gasteiger partial charge >= 0.3 is 0 Å². The summed E-state index contributed by atoms with van der Waals surface area (Å²) in [6.45, 7) is 3.86. The second-order valence-corrected chi connectivity index (χ2v) is 8.47. The monoisotopic (exact) mass is 465 g/mol. The van der Waals surface area contributed by atoms with Crippen molar-refractivity contribution >= 4 is 45.0 Å². The topological polar surface area (TPSA) is 70.5 Å². The summed E-state index contributed by atoms with van der Waals surface area (Å²) in [6, 6.07) is 3.88. The molecule has 0 aliphatic carbocycles. The third-order valence-corrected chi connectivity index (χ3v) is 6.17. The molecule has 0 bridgehead atoms. The molecule has 28 heavy (non-hydrogen) atoms. The fourth-order valence-corrected chi connectivity index (χ4v) is 4.50. The van der Waals surface area contributed by atoms with Crippen molar-refractivity contribution in [3.8, 4) is 0 Å². The number of fused-ring (bicyclic) bond motifs is 1. The third-order valence-electron chi connectivity index (χ3n) is 5.24. The van der Waals surface area contributed by atoms with Crippen molar-refractivity contribution in [2.24, 2.45) is 7.05 Å². The lowest BCUT2D eigenvalue weighted by Gasteiger charge is -2.34. The normalized spacial score (nSPS) is 17.0. The first-order valence-corrected chi connectivity index (χ1v) is 10.4. The molecule has 0 unspecified atom stereocenters. The van der Waals surface area contributed by atoms with Gasteiger partial charge in [-0.05, 0) is 39.5 Å². The maximum absolute atomic E-state index is 12.7. The predicted molar refractivity (Wildman–Crippen MR) is 111 cm³/mol. The van der Waals surface area contributed by atoms with Crippen molar-refractivity contribution in [1.29, 1.82) is 0 Å². The molecule has 2 aliphatic heterocycles. The van der Waals surface area contributed by atoms with Gasteiger partial charge in [0.05, 0.1) is 10.9 Å². The molecule has 9 heteroatoms. The zero-order valence-electron chi connectivity index (χ0n) is 15.5.